The number of nitrogens with zero attached hydrogens (tertiary/aromatic N) is 3. The van der Waals surface area contributed by atoms with Crippen LogP contribution in [0, 0.1) is 22.7 Å². The second-order valence-corrected chi connectivity index (χ2v) is 5.35. The smallest absolute Gasteiger partial charge is 0.263 e. The van der Waals surface area contributed by atoms with E-state index in [1.165, 1.54) is 6.20 Å². The van der Waals surface area contributed by atoms with Crippen molar-refractivity contribution < 1.29 is 4.79 Å². The molecule has 1 aliphatic rings. The monoisotopic (exact) mass is 324 g/mol. The molecule has 1 aromatic rings. The summed E-state index contributed by atoms with van der Waals surface area (Å²) in [6.45, 7) is 5.15. The Morgan fingerprint density at radius 2 is 1.96 bits per heavy atom. The summed E-state index contributed by atoms with van der Waals surface area (Å²) >= 11 is 0. The molecule has 3 N–H and O–H groups in total. The lowest BCUT2D eigenvalue weighted by molar-refractivity contribution is -0.117. The van der Waals surface area contributed by atoms with E-state index >= 15 is 0 Å². The van der Waals surface area contributed by atoms with Gasteiger partial charge in [0.25, 0.3) is 5.91 Å². The fourth-order valence-electron chi connectivity index (χ4n) is 2.30. The molecule has 0 aromatic heterocycles. The lowest BCUT2D eigenvalue weighted by Crippen LogP contribution is -2.46. The second-order valence-electron chi connectivity index (χ2n) is 5.35. The first-order valence-electron chi connectivity index (χ1n) is 7.81. The molecule has 0 spiro atoms. The van der Waals surface area contributed by atoms with Gasteiger partial charge in [-0.15, -0.1) is 0 Å². The molecule has 124 valence electrons. The number of nitriles is 2. The Labute approximate surface area is 141 Å². The molecule has 7 nitrogen and oxygen atoms in total. The van der Waals surface area contributed by atoms with E-state index in [1.54, 1.807) is 24.3 Å². The molecule has 0 aliphatic carbocycles. The first-order valence-corrected chi connectivity index (χ1v) is 7.81. The van der Waals surface area contributed by atoms with Crippen molar-refractivity contribution in [3.8, 4) is 12.1 Å². The fourth-order valence-corrected chi connectivity index (χ4v) is 2.30. The molecule has 1 heterocycles. The number of amides is 1. The molecule has 0 saturated carbocycles. The van der Waals surface area contributed by atoms with Gasteiger partial charge in [-0.25, -0.2) is 0 Å². The van der Waals surface area contributed by atoms with Crippen molar-refractivity contribution in [1.82, 2.24) is 15.5 Å². The quantitative estimate of drug-likeness (QED) is 0.517. The third-order valence-electron chi connectivity index (χ3n) is 3.69. The van der Waals surface area contributed by atoms with Crippen LogP contribution in [-0.2, 0) is 4.79 Å². The summed E-state index contributed by atoms with van der Waals surface area (Å²) < 4.78 is 0. The largest absolute Gasteiger partial charge is 0.360 e. The minimum absolute atomic E-state index is 0.0136. The molecule has 24 heavy (non-hydrogen) atoms. The van der Waals surface area contributed by atoms with Crippen molar-refractivity contribution in [2.75, 3.05) is 44.6 Å². The summed E-state index contributed by atoms with van der Waals surface area (Å²) in [5, 5.41) is 26.8. The van der Waals surface area contributed by atoms with Crippen LogP contribution in [0.5, 0.6) is 0 Å². The maximum absolute atomic E-state index is 12.0. The van der Waals surface area contributed by atoms with Crippen molar-refractivity contribution in [3.63, 3.8) is 0 Å². The Morgan fingerprint density at radius 1 is 1.25 bits per heavy atom. The van der Waals surface area contributed by atoms with Gasteiger partial charge in [0.2, 0.25) is 0 Å². The van der Waals surface area contributed by atoms with Crippen LogP contribution in [0.2, 0.25) is 0 Å². The van der Waals surface area contributed by atoms with Crippen molar-refractivity contribution in [2.24, 2.45) is 0 Å². The number of piperazine rings is 1. The molecule has 1 fully saturated rings. The number of hydrogen-bond donors (Lipinski definition) is 3. The Hall–Kier alpha value is -2.87. The zero-order chi connectivity index (χ0) is 17.2. The van der Waals surface area contributed by atoms with Crippen LogP contribution in [-0.4, -0.2) is 50.1 Å². The standard InChI is InChI=1S/C17H20N6O/c18-11-14-1-3-16(4-2-14)22-13-15(12-19)17(24)21-7-10-23-8-5-20-6-9-23/h1-4,13,20,22H,5-10H2,(H,21,24)/b15-13-. The molecule has 1 saturated heterocycles. The van der Waals surface area contributed by atoms with Crippen LogP contribution >= 0.6 is 0 Å². The van der Waals surface area contributed by atoms with E-state index < -0.39 is 5.91 Å². The molecule has 1 aliphatic heterocycles. The molecular formula is C17H20N6O. The molecule has 0 atom stereocenters. The lowest BCUT2D eigenvalue weighted by Gasteiger charge is -2.27. The van der Waals surface area contributed by atoms with Gasteiger partial charge in [-0.3, -0.25) is 9.69 Å². The third kappa shape index (κ3) is 5.40. The van der Waals surface area contributed by atoms with E-state index in [9.17, 15) is 4.79 Å². The van der Waals surface area contributed by atoms with E-state index in [4.69, 9.17) is 10.5 Å². The van der Waals surface area contributed by atoms with Gasteiger partial charge >= 0.3 is 0 Å². The molecular weight excluding hydrogens is 304 g/mol. The van der Waals surface area contributed by atoms with Gasteiger partial charge in [-0.1, -0.05) is 0 Å². The van der Waals surface area contributed by atoms with E-state index in [0.717, 1.165) is 32.7 Å². The fraction of sp³-hybridized carbons (Fsp3) is 0.353. The van der Waals surface area contributed by atoms with Crippen LogP contribution in [0.3, 0.4) is 0 Å². The molecule has 0 unspecified atom stereocenters. The predicted octanol–water partition coefficient (Wildman–Crippen LogP) is 0.399. The first-order chi connectivity index (χ1) is 11.7. The van der Waals surface area contributed by atoms with E-state index in [0.29, 0.717) is 17.8 Å². The van der Waals surface area contributed by atoms with Crippen LogP contribution in [0.1, 0.15) is 5.56 Å². The Kier molecular flexibility index (Phi) is 6.78. The maximum Gasteiger partial charge on any atom is 0.263 e. The van der Waals surface area contributed by atoms with Crippen molar-refractivity contribution >= 4 is 11.6 Å². The number of hydrogen-bond acceptors (Lipinski definition) is 6. The van der Waals surface area contributed by atoms with Crippen molar-refractivity contribution in [3.05, 3.63) is 41.6 Å². The topological polar surface area (TPSA) is 104 Å². The third-order valence-corrected chi connectivity index (χ3v) is 3.69. The highest BCUT2D eigenvalue weighted by Crippen LogP contribution is 2.09. The summed E-state index contributed by atoms with van der Waals surface area (Å²) in [6, 6.07) is 10.7. The van der Waals surface area contributed by atoms with Crippen molar-refractivity contribution in [2.45, 2.75) is 0 Å². The van der Waals surface area contributed by atoms with Gasteiger partial charge in [-0.05, 0) is 24.3 Å². The molecule has 1 amide bonds. The highest BCUT2D eigenvalue weighted by atomic mass is 16.1. The zero-order valence-electron chi connectivity index (χ0n) is 13.4. The number of benzene rings is 1. The number of anilines is 1. The van der Waals surface area contributed by atoms with Gasteiger partial charge in [0.05, 0.1) is 11.6 Å². The zero-order valence-corrected chi connectivity index (χ0v) is 13.4. The lowest BCUT2D eigenvalue weighted by atomic mass is 10.2. The molecule has 7 heteroatoms. The number of nitrogens with one attached hydrogen (secondary N) is 3. The van der Waals surface area contributed by atoms with Crippen LogP contribution in [0.25, 0.3) is 0 Å². The van der Waals surface area contributed by atoms with Crippen LogP contribution in [0.4, 0.5) is 5.69 Å². The highest BCUT2D eigenvalue weighted by molar-refractivity contribution is 5.97. The molecule has 0 radical (unpaired) electrons. The van der Waals surface area contributed by atoms with Crippen molar-refractivity contribution in [1.29, 1.82) is 10.5 Å². The minimum atomic E-state index is -0.395. The molecule has 0 bridgehead atoms. The number of carbonyl (C=O) groups excluding carboxylic acids is 1. The van der Waals surface area contributed by atoms with Gasteiger partial charge in [-0.2, -0.15) is 10.5 Å². The highest BCUT2D eigenvalue weighted by Gasteiger charge is 2.11. The van der Waals surface area contributed by atoms with Crippen LogP contribution < -0.4 is 16.0 Å². The molecule has 1 aromatic carbocycles. The summed E-state index contributed by atoms with van der Waals surface area (Å²) in [7, 11) is 0. The van der Waals surface area contributed by atoms with Crippen LogP contribution in [0.15, 0.2) is 36.0 Å². The Balaban J connectivity index is 1.81. The summed E-state index contributed by atoms with van der Waals surface area (Å²) in [4.78, 5) is 14.3. The molecule has 2 rings (SSSR count). The maximum atomic E-state index is 12.0. The number of rotatable bonds is 6. The second kappa shape index (κ2) is 9.31. The van der Waals surface area contributed by atoms with Gasteiger partial charge < -0.3 is 16.0 Å². The Morgan fingerprint density at radius 3 is 2.58 bits per heavy atom. The summed E-state index contributed by atoms with van der Waals surface area (Å²) in [6.07, 6.45) is 1.38. The summed E-state index contributed by atoms with van der Waals surface area (Å²) in [5.74, 6) is -0.395. The number of carbonyl (C=O) groups is 1. The van der Waals surface area contributed by atoms with Gasteiger partial charge in [0, 0.05) is 51.2 Å². The first kappa shape index (κ1) is 17.5. The average Bonchev–Trinajstić information content (AvgIpc) is 2.63. The SMILES string of the molecule is N#C/C(=C/Nc1ccc(C#N)cc1)C(=O)NCCN1CCNCC1. The Bertz CT molecular complexity index is 662. The van der Waals surface area contributed by atoms with E-state index in [2.05, 4.69) is 20.9 Å². The normalized spacial score (nSPS) is 15.2. The van der Waals surface area contributed by atoms with Gasteiger partial charge in [0.1, 0.15) is 11.6 Å². The summed E-state index contributed by atoms with van der Waals surface area (Å²) in [5.41, 5.74) is 1.27. The average molecular weight is 324 g/mol. The minimum Gasteiger partial charge on any atom is -0.360 e. The van der Waals surface area contributed by atoms with E-state index in [1.807, 2.05) is 12.1 Å². The predicted molar refractivity (Wildman–Crippen MR) is 90.8 cm³/mol. The van der Waals surface area contributed by atoms with E-state index in [-0.39, 0.29) is 5.57 Å². The van der Waals surface area contributed by atoms with Gasteiger partial charge in [0.15, 0.2) is 0 Å².